The normalized spacial score (nSPS) is 23.6. The zero-order chi connectivity index (χ0) is 9.42. The Morgan fingerprint density at radius 3 is 2.62 bits per heavy atom. The van der Waals surface area contributed by atoms with Gasteiger partial charge in [-0.15, -0.1) is 0 Å². The predicted octanol–water partition coefficient (Wildman–Crippen LogP) is 1.25. The fourth-order valence-electron chi connectivity index (χ4n) is 2.04. The smallest absolute Gasteiger partial charge is 0.256 e. The van der Waals surface area contributed by atoms with Crippen LogP contribution in [0.25, 0.3) is 0 Å². The summed E-state index contributed by atoms with van der Waals surface area (Å²) in [4.78, 5) is 24.2. The monoisotopic (exact) mass is 179 g/mol. The van der Waals surface area contributed by atoms with Gasteiger partial charge in [-0.3, -0.25) is 14.5 Å². The first kappa shape index (κ1) is 8.48. The van der Waals surface area contributed by atoms with Crippen LogP contribution in [-0.4, -0.2) is 23.8 Å². The SMILES string of the molecule is CN1C(=O)CC2=C(CCCC2)C1=O. The van der Waals surface area contributed by atoms with Gasteiger partial charge in [-0.2, -0.15) is 0 Å². The molecule has 3 nitrogen and oxygen atoms in total. The molecule has 0 atom stereocenters. The Labute approximate surface area is 77.4 Å². The van der Waals surface area contributed by atoms with Gasteiger partial charge in [0.05, 0.1) is 0 Å². The van der Waals surface area contributed by atoms with Gasteiger partial charge in [0.15, 0.2) is 0 Å². The van der Waals surface area contributed by atoms with Gasteiger partial charge in [-0.1, -0.05) is 5.57 Å². The van der Waals surface area contributed by atoms with Crippen LogP contribution in [-0.2, 0) is 9.59 Å². The summed E-state index contributed by atoms with van der Waals surface area (Å²) in [6.45, 7) is 0. The average molecular weight is 179 g/mol. The third-order valence-corrected chi connectivity index (χ3v) is 2.88. The zero-order valence-electron chi connectivity index (χ0n) is 7.80. The second kappa shape index (κ2) is 2.98. The number of hydrogen-bond acceptors (Lipinski definition) is 2. The summed E-state index contributed by atoms with van der Waals surface area (Å²) >= 11 is 0. The minimum absolute atomic E-state index is 0.0503. The van der Waals surface area contributed by atoms with Gasteiger partial charge in [-0.05, 0) is 25.7 Å². The van der Waals surface area contributed by atoms with Crippen LogP contribution in [0.4, 0.5) is 0 Å². The van der Waals surface area contributed by atoms with Crippen molar-refractivity contribution in [3.8, 4) is 0 Å². The highest BCUT2D eigenvalue weighted by atomic mass is 16.2. The maximum absolute atomic E-state index is 11.6. The number of carbonyl (C=O) groups is 2. The molecule has 0 spiro atoms. The molecule has 2 amide bonds. The quantitative estimate of drug-likeness (QED) is 0.525. The molecule has 0 saturated heterocycles. The Morgan fingerprint density at radius 1 is 1.15 bits per heavy atom. The van der Waals surface area contributed by atoms with Crippen molar-refractivity contribution in [3.63, 3.8) is 0 Å². The van der Waals surface area contributed by atoms with Crippen molar-refractivity contribution in [1.29, 1.82) is 0 Å². The summed E-state index contributed by atoms with van der Waals surface area (Å²) in [6.07, 6.45) is 4.50. The summed E-state index contributed by atoms with van der Waals surface area (Å²) < 4.78 is 0. The van der Waals surface area contributed by atoms with E-state index in [1.807, 2.05) is 0 Å². The maximum atomic E-state index is 11.6. The van der Waals surface area contributed by atoms with E-state index in [0.29, 0.717) is 6.42 Å². The molecule has 1 aliphatic carbocycles. The first-order chi connectivity index (χ1) is 6.20. The lowest BCUT2D eigenvalue weighted by atomic mass is 9.86. The summed E-state index contributed by atoms with van der Waals surface area (Å²) in [5, 5.41) is 0. The minimum Gasteiger partial charge on any atom is -0.282 e. The van der Waals surface area contributed by atoms with Crippen LogP contribution in [0, 0.1) is 0 Å². The third-order valence-electron chi connectivity index (χ3n) is 2.88. The average Bonchev–Trinajstić information content (AvgIpc) is 2.15. The third kappa shape index (κ3) is 1.28. The lowest BCUT2D eigenvalue weighted by Gasteiger charge is -2.28. The lowest BCUT2D eigenvalue weighted by molar-refractivity contribution is -0.141. The van der Waals surface area contributed by atoms with Crippen LogP contribution >= 0.6 is 0 Å². The molecule has 2 rings (SSSR count). The Hall–Kier alpha value is -1.12. The number of carbonyl (C=O) groups excluding carboxylic acids is 2. The van der Waals surface area contributed by atoms with Crippen molar-refractivity contribution in [2.45, 2.75) is 32.1 Å². The van der Waals surface area contributed by atoms with Crippen LogP contribution < -0.4 is 0 Å². The molecule has 0 radical (unpaired) electrons. The number of hydrogen-bond donors (Lipinski definition) is 0. The standard InChI is InChI=1S/C10H13NO2/c1-11-9(12)6-7-4-2-3-5-8(7)10(11)13/h2-6H2,1H3. The molecule has 3 heteroatoms. The number of rotatable bonds is 0. The van der Waals surface area contributed by atoms with Gasteiger partial charge in [-0.25, -0.2) is 0 Å². The van der Waals surface area contributed by atoms with E-state index in [0.717, 1.165) is 36.8 Å². The molecular formula is C10H13NO2. The second-order valence-corrected chi connectivity index (χ2v) is 3.72. The molecule has 13 heavy (non-hydrogen) atoms. The van der Waals surface area contributed by atoms with E-state index in [1.165, 1.54) is 4.90 Å². The number of nitrogens with zero attached hydrogens (tertiary/aromatic N) is 1. The fourth-order valence-corrected chi connectivity index (χ4v) is 2.04. The molecular weight excluding hydrogens is 166 g/mol. The van der Waals surface area contributed by atoms with Crippen molar-refractivity contribution in [3.05, 3.63) is 11.1 Å². The molecule has 0 bridgehead atoms. The van der Waals surface area contributed by atoms with Crippen molar-refractivity contribution in [1.82, 2.24) is 4.90 Å². The number of amides is 2. The number of imide groups is 1. The minimum atomic E-state index is -0.0639. The Balaban J connectivity index is 2.36. The van der Waals surface area contributed by atoms with Gasteiger partial charge in [0, 0.05) is 19.0 Å². The molecule has 2 aliphatic rings. The van der Waals surface area contributed by atoms with E-state index in [2.05, 4.69) is 0 Å². The van der Waals surface area contributed by atoms with E-state index < -0.39 is 0 Å². The molecule has 0 fully saturated rings. The largest absolute Gasteiger partial charge is 0.282 e. The lowest BCUT2D eigenvalue weighted by Crippen LogP contribution is -2.39. The second-order valence-electron chi connectivity index (χ2n) is 3.72. The van der Waals surface area contributed by atoms with E-state index in [4.69, 9.17) is 0 Å². The molecule has 70 valence electrons. The molecule has 0 aromatic rings. The molecule has 0 aromatic carbocycles. The van der Waals surface area contributed by atoms with Gasteiger partial charge in [0.1, 0.15) is 0 Å². The van der Waals surface area contributed by atoms with Gasteiger partial charge in [0.25, 0.3) is 5.91 Å². The maximum Gasteiger partial charge on any atom is 0.256 e. The summed E-state index contributed by atoms with van der Waals surface area (Å²) in [5.74, 6) is -0.114. The molecule has 0 saturated carbocycles. The molecule has 1 heterocycles. The predicted molar refractivity (Wildman–Crippen MR) is 47.9 cm³/mol. The van der Waals surface area contributed by atoms with Crippen LogP contribution in [0.1, 0.15) is 32.1 Å². The van der Waals surface area contributed by atoms with Crippen molar-refractivity contribution < 1.29 is 9.59 Å². The van der Waals surface area contributed by atoms with Gasteiger partial charge in [0.2, 0.25) is 5.91 Å². The highest BCUT2D eigenvalue weighted by molar-refractivity contribution is 6.08. The highest BCUT2D eigenvalue weighted by Crippen LogP contribution is 2.31. The summed E-state index contributed by atoms with van der Waals surface area (Å²) in [7, 11) is 1.57. The molecule has 0 aromatic heterocycles. The molecule has 1 aliphatic heterocycles. The topological polar surface area (TPSA) is 37.4 Å². The first-order valence-electron chi connectivity index (χ1n) is 4.72. The molecule has 0 N–H and O–H groups in total. The van der Waals surface area contributed by atoms with Crippen molar-refractivity contribution >= 4 is 11.8 Å². The zero-order valence-corrected chi connectivity index (χ0v) is 7.80. The summed E-state index contributed by atoms with van der Waals surface area (Å²) in [6, 6.07) is 0. The Kier molecular flexibility index (Phi) is 1.94. The van der Waals surface area contributed by atoms with E-state index >= 15 is 0 Å². The highest BCUT2D eigenvalue weighted by Gasteiger charge is 2.31. The Morgan fingerprint density at radius 2 is 1.85 bits per heavy atom. The Bertz CT molecular complexity index is 304. The van der Waals surface area contributed by atoms with Gasteiger partial charge >= 0.3 is 0 Å². The van der Waals surface area contributed by atoms with Crippen LogP contribution in [0.15, 0.2) is 11.1 Å². The van der Waals surface area contributed by atoms with Crippen molar-refractivity contribution in [2.75, 3.05) is 7.05 Å². The van der Waals surface area contributed by atoms with Crippen LogP contribution in [0.5, 0.6) is 0 Å². The summed E-state index contributed by atoms with van der Waals surface area (Å²) in [5.41, 5.74) is 2.01. The number of likely N-dealkylation sites (N-methyl/N-ethyl adjacent to an activating group) is 1. The molecule has 0 unspecified atom stereocenters. The van der Waals surface area contributed by atoms with Crippen LogP contribution in [0.2, 0.25) is 0 Å². The van der Waals surface area contributed by atoms with Crippen molar-refractivity contribution in [2.24, 2.45) is 0 Å². The van der Waals surface area contributed by atoms with E-state index in [-0.39, 0.29) is 11.8 Å². The first-order valence-corrected chi connectivity index (χ1v) is 4.72. The van der Waals surface area contributed by atoms with E-state index in [9.17, 15) is 9.59 Å². The van der Waals surface area contributed by atoms with E-state index in [1.54, 1.807) is 7.05 Å². The van der Waals surface area contributed by atoms with Crippen LogP contribution in [0.3, 0.4) is 0 Å². The van der Waals surface area contributed by atoms with Gasteiger partial charge < -0.3 is 0 Å². The fraction of sp³-hybridized carbons (Fsp3) is 0.600.